The molecule has 0 aliphatic rings. The van der Waals surface area contributed by atoms with Crippen LogP contribution in [0.1, 0.15) is 6.92 Å². The highest BCUT2D eigenvalue weighted by molar-refractivity contribution is 6.29. The zero-order chi connectivity index (χ0) is 10.1. The number of carbonyl (C=O) groups is 1. The van der Waals surface area contributed by atoms with Gasteiger partial charge in [0.2, 0.25) is 11.6 Å². The molecule has 2 aromatic heterocycles. The zero-order valence-corrected chi connectivity index (χ0v) is 7.99. The highest BCUT2D eigenvalue weighted by Crippen LogP contribution is 2.17. The second-order valence-corrected chi connectivity index (χ2v) is 3.05. The summed E-state index contributed by atoms with van der Waals surface area (Å²) in [7, 11) is 0. The molecule has 2 aromatic rings. The summed E-state index contributed by atoms with van der Waals surface area (Å²) < 4.78 is 1.40. The van der Waals surface area contributed by atoms with Gasteiger partial charge >= 0.3 is 0 Å². The second-order valence-electron chi connectivity index (χ2n) is 2.66. The van der Waals surface area contributed by atoms with Crippen LogP contribution >= 0.6 is 11.6 Å². The maximum absolute atomic E-state index is 10.9. The Morgan fingerprint density at radius 1 is 1.64 bits per heavy atom. The van der Waals surface area contributed by atoms with Crippen molar-refractivity contribution in [2.45, 2.75) is 6.92 Å². The van der Waals surface area contributed by atoms with Gasteiger partial charge in [0.15, 0.2) is 5.15 Å². The largest absolute Gasteiger partial charge is 0.323 e. The highest BCUT2D eigenvalue weighted by Gasteiger charge is 2.07. The van der Waals surface area contributed by atoms with Gasteiger partial charge in [-0.1, -0.05) is 11.6 Å². The van der Waals surface area contributed by atoms with Crippen molar-refractivity contribution in [2.75, 3.05) is 5.32 Å². The van der Waals surface area contributed by atoms with E-state index >= 15 is 0 Å². The van der Waals surface area contributed by atoms with Gasteiger partial charge in [0.05, 0.1) is 5.69 Å². The summed E-state index contributed by atoms with van der Waals surface area (Å²) >= 11 is 5.73. The van der Waals surface area contributed by atoms with E-state index in [0.29, 0.717) is 11.3 Å². The highest BCUT2D eigenvalue weighted by atomic mass is 35.5. The van der Waals surface area contributed by atoms with E-state index in [1.807, 2.05) is 0 Å². The van der Waals surface area contributed by atoms with Gasteiger partial charge in [-0.05, 0) is 0 Å². The zero-order valence-electron chi connectivity index (χ0n) is 7.23. The fourth-order valence-electron chi connectivity index (χ4n) is 1.08. The molecule has 6 nitrogen and oxygen atoms in total. The number of amides is 1. The molecule has 1 N–H and O–H groups in total. The number of nitrogens with one attached hydrogen (secondary N) is 1. The van der Waals surface area contributed by atoms with Crippen molar-refractivity contribution in [1.29, 1.82) is 0 Å². The van der Waals surface area contributed by atoms with Crippen LogP contribution in [0.15, 0.2) is 12.4 Å². The number of hydrogen-bond acceptors (Lipinski definition) is 4. The Labute approximate surface area is 83.9 Å². The Bertz CT molecular complexity index is 494. The third-order valence-electron chi connectivity index (χ3n) is 1.55. The molecule has 2 rings (SSSR count). The smallest absolute Gasteiger partial charge is 0.221 e. The molecule has 0 aromatic carbocycles. The molecule has 1 amide bonds. The summed E-state index contributed by atoms with van der Waals surface area (Å²) in [5, 5.41) is 14.2. The number of hydrogen-bond donors (Lipinski definition) is 1. The van der Waals surface area contributed by atoms with E-state index in [-0.39, 0.29) is 11.1 Å². The molecule has 72 valence electrons. The van der Waals surface area contributed by atoms with Crippen molar-refractivity contribution in [2.24, 2.45) is 0 Å². The van der Waals surface area contributed by atoms with Gasteiger partial charge in [-0.25, -0.2) is 0 Å². The minimum Gasteiger partial charge on any atom is -0.323 e. The maximum Gasteiger partial charge on any atom is 0.221 e. The van der Waals surface area contributed by atoms with Gasteiger partial charge in [0, 0.05) is 13.0 Å². The van der Waals surface area contributed by atoms with E-state index < -0.39 is 0 Å². The second kappa shape index (κ2) is 3.22. The van der Waals surface area contributed by atoms with Crippen molar-refractivity contribution < 1.29 is 4.79 Å². The van der Waals surface area contributed by atoms with Crippen LogP contribution in [-0.2, 0) is 4.79 Å². The molecule has 0 bridgehead atoms. The Kier molecular flexibility index (Phi) is 2.05. The van der Waals surface area contributed by atoms with Gasteiger partial charge in [0.1, 0.15) is 6.33 Å². The van der Waals surface area contributed by atoms with E-state index in [9.17, 15) is 4.79 Å². The van der Waals surface area contributed by atoms with Crippen LogP contribution in [-0.4, -0.2) is 25.7 Å². The van der Waals surface area contributed by atoms with Crippen LogP contribution in [0.3, 0.4) is 0 Å². The quantitative estimate of drug-likeness (QED) is 0.755. The SMILES string of the molecule is CC(=O)Nc1cc(Cl)nn2cnnc12. The van der Waals surface area contributed by atoms with Crippen molar-refractivity contribution in [3.8, 4) is 0 Å². The summed E-state index contributed by atoms with van der Waals surface area (Å²) in [5.41, 5.74) is 0.958. The first-order chi connectivity index (χ1) is 6.66. The van der Waals surface area contributed by atoms with E-state index in [4.69, 9.17) is 11.6 Å². The Balaban J connectivity index is 2.60. The Hall–Kier alpha value is -1.69. The van der Waals surface area contributed by atoms with Gasteiger partial charge in [-0.3, -0.25) is 4.79 Å². The molecule has 14 heavy (non-hydrogen) atoms. The molecule has 0 aliphatic carbocycles. The summed E-state index contributed by atoms with van der Waals surface area (Å²) in [6, 6.07) is 1.52. The van der Waals surface area contributed by atoms with Crippen LogP contribution in [0.4, 0.5) is 5.69 Å². The minimum atomic E-state index is -0.197. The summed E-state index contributed by atoms with van der Waals surface area (Å²) in [6.45, 7) is 1.40. The summed E-state index contributed by atoms with van der Waals surface area (Å²) in [6.07, 6.45) is 1.41. The summed E-state index contributed by atoms with van der Waals surface area (Å²) in [4.78, 5) is 10.9. The first kappa shape index (κ1) is 8.89. The first-order valence-corrected chi connectivity index (χ1v) is 4.19. The van der Waals surface area contributed by atoms with Gasteiger partial charge in [-0.2, -0.15) is 9.61 Å². The normalized spacial score (nSPS) is 10.4. The van der Waals surface area contributed by atoms with Gasteiger partial charge < -0.3 is 5.32 Å². The number of rotatable bonds is 1. The lowest BCUT2D eigenvalue weighted by atomic mass is 10.4. The molecule has 0 atom stereocenters. The fourth-order valence-corrected chi connectivity index (χ4v) is 1.27. The molecule has 0 aliphatic heterocycles. The lowest BCUT2D eigenvalue weighted by Gasteiger charge is -2.02. The molecule has 7 heteroatoms. The Morgan fingerprint density at radius 3 is 3.14 bits per heavy atom. The van der Waals surface area contributed by atoms with Crippen LogP contribution in [0, 0.1) is 0 Å². The lowest BCUT2D eigenvalue weighted by molar-refractivity contribution is -0.114. The third kappa shape index (κ3) is 1.51. The van der Waals surface area contributed by atoms with Crippen molar-refractivity contribution in [3.05, 3.63) is 17.5 Å². The number of fused-ring (bicyclic) bond motifs is 1. The molecule has 2 heterocycles. The number of nitrogens with zero attached hydrogens (tertiary/aromatic N) is 4. The molecule has 0 saturated heterocycles. The first-order valence-electron chi connectivity index (χ1n) is 3.81. The summed E-state index contributed by atoms with van der Waals surface area (Å²) in [5.74, 6) is -0.197. The molecule has 0 radical (unpaired) electrons. The van der Waals surface area contributed by atoms with Gasteiger partial charge in [0.25, 0.3) is 0 Å². The van der Waals surface area contributed by atoms with E-state index in [1.165, 1.54) is 23.8 Å². The van der Waals surface area contributed by atoms with E-state index in [0.717, 1.165) is 0 Å². The van der Waals surface area contributed by atoms with Crippen molar-refractivity contribution >= 4 is 28.8 Å². The van der Waals surface area contributed by atoms with E-state index in [1.54, 1.807) is 0 Å². The third-order valence-corrected chi connectivity index (χ3v) is 1.73. The average molecular weight is 212 g/mol. The van der Waals surface area contributed by atoms with E-state index in [2.05, 4.69) is 20.6 Å². The van der Waals surface area contributed by atoms with Crippen LogP contribution in [0.25, 0.3) is 5.65 Å². The molecular weight excluding hydrogens is 206 g/mol. The van der Waals surface area contributed by atoms with Crippen molar-refractivity contribution in [1.82, 2.24) is 19.8 Å². The standard InChI is InChI=1S/C7H6ClN5O/c1-4(14)10-5-2-6(8)12-13-3-9-11-7(5)13/h2-3H,1H3,(H,10,14). The lowest BCUT2D eigenvalue weighted by Crippen LogP contribution is -2.08. The fraction of sp³-hybridized carbons (Fsp3) is 0.143. The molecule has 0 unspecified atom stereocenters. The molecule has 0 saturated carbocycles. The molecular formula is C7H6ClN5O. The average Bonchev–Trinajstić information content (AvgIpc) is 2.50. The van der Waals surface area contributed by atoms with Gasteiger partial charge in [-0.15, -0.1) is 10.2 Å². The topological polar surface area (TPSA) is 72.2 Å². The Morgan fingerprint density at radius 2 is 2.43 bits per heavy atom. The van der Waals surface area contributed by atoms with Crippen LogP contribution in [0.5, 0.6) is 0 Å². The number of anilines is 1. The van der Waals surface area contributed by atoms with Crippen molar-refractivity contribution in [3.63, 3.8) is 0 Å². The maximum atomic E-state index is 10.9. The predicted molar refractivity (Wildman–Crippen MR) is 50.1 cm³/mol. The van der Waals surface area contributed by atoms with Crippen LogP contribution in [0.2, 0.25) is 5.15 Å². The van der Waals surface area contributed by atoms with Crippen LogP contribution < -0.4 is 5.32 Å². The predicted octanol–water partition coefficient (Wildman–Crippen LogP) is 0.736. The number of carbonyl (C=O) groups excluding carboxylic acids is 1. The monoisotopic (exact) mass is 211 g/mol. The molecule has 0 fully saturated rings. The number of aromatic nitrogens is 4. The number of halogens is 1. The molecule has 0 spiro atoms. The minimum absolute atomic E-state index is 0.197.